The molecule has 1 fully saturated rings. The van der Waals surface area contributed by atoms with Gasteiger partial charge in [0.15, 0.2) is 0 Å². The molecule has 0 radical (unpaired) electrons. The standard InChI is InChI=1S/C19H24N6O3S/c1-2-13-4-3-5-15(10-13)28-18-11-17(25-19(24-18)21-12-22-25)23-14-6-8-16(9-7-14)29(20,26)27/h6-9,11-13,15,23H,2-5,10H2,1H3,(H2,20,26,27). The monoisotopic (exact) mass is 416 g/mol. The summed E-state index contributed by atoms with van der Waals surface area (Å²) in [6.07, 6.45) is 7.22. The lowest BCUT2D eigenvalue weighted by Crippen LogP contribution is -2.25. The van der Waals surface area contributed by atoms with Crippen LogP contribution in [0.1, 0.15) is 39.0 Å². The summed E-state index contributed by atoms with van der Waals surface area (Å²) >= 11 is 0. The Hall–Kier alpha value is -2.72. The topological polar surface area (TPSA) is 124 Å². The number of hydrogen-bond donors (Lipinski definition) is 2. The van der Waals surface area contributed by atoms with Crippen LogP contribution in [0, 0.1) is 5.92 Å². The van der Waals surface area contributed by atoms with E-state index in [2.05, 4.69) is 27.3 Å². The highest BCUT2D eigenvalue weighted by molar-refractivity contribution is 7.89. The number of primary sulfonamides is 1. The zero-order chi connectivity index (χ0) is 20.4. The lowest BCUT2D eigenvalue weighted by molar-refractivity contribution is 0.117. The van der Waals surface area contributed by atoms with Gasteiger partial charge in [0.05, 0.1) is 4.90 Å². The van der Waals surface area contributed by atoms with Gasteiger partial charge in [0, 0.05) is 11.8 Å². The van der Waals surface area contributed by atoms with Gasteiger partial charge in [0.1, 0.15) is 18.2 Å². The SMILES string of the molecule is CCC1CCCC(Oc2cc(Nc3ccc(S(N)(=O)=O)cc3)n3ncnc3n2)C1. The first kappa shape index (κ1) is 19.6. The van der Waals surface area contributed by atoms with Crippen molar-refractivity contribution >= 4 is 27.3 Å². The summed E-state index contributed by atoms with van der Waals surface area (Å²) in [5.41, 5.74) is 0.676. The number of benzene rings is 1. The van der Waals surface area contributed by atoms with Crippen LogP contribution in [0.5, 0.6) is 5.88 Å². The molecule has 0 spiro atoms. The summed E-state index contributed by atoms with van der Waals surface area (Å²) in [6, 6.07) is 7.95. The van der Waals surface area contributed by atoms with E-state index < -0.39 is 10.0 Å². The Morgan fingerprint density at radius 2 is 2.07 bits per heavy atom. The molecule has 1 aliphatic carbocycles. The minimum atomic E-state index is -3.73. The summed E-state index contributed by atoms with van der Waals surface area (Å²) in [5.74, 6) is 2.24. The van der Waals surface area contributed by atoms with Crippen LogP contribution in [0.3, 0.4) is 0 Å². The van der Waals surface area contributed by atoms with E-state index in [9.17, 15) is 8.42 Å². The van der Waals surface area contributed by atoms with E-state index in [1.165, 1.54) is 24.9 Å². The highest BCUT2D eigenvalue weighted by Gasteiger charge is 2.23. The molecule has 0 bridgehead atoms. The van der Waals surface area contributed by atoms with E-state index in [0.717, 1.165) is 25.7 Å². The van der Waals surface area contributed by atoms with Gasteiger partial charge in [-0.3, -0.25) is 0 Å². The minimum absolute atomic E-state index is 0.0514. The third-order valence-electron chi connectivity index (χ3n) is 5.28. The molecule has 0 aliphatic heterocycles. The molecule has 9 nitrogen and oxygen atoms in total. The molecule has 1 aromatic carbocycles. The number of aromatic nitrogens is 4. The fraction of sp³-hybridized carbons (Fsp3) is 0.421. The van der Waals surface area contributed by atoms with Gasteiger partial charge in [0.25, 0.3) is 5.78 Å². The van der Waals surface area contributed by atoms with E-state index in [0.29, 0.717) is 29.1 Å². The molecule has 1 saturated carbocycles. The molecule has 2 atom stereocenters. The summed E-state index contributed by atoms with van der Waals surface area (Å²) in [5, 5.41) is 12.6. The van der Waals surface area contributed by atoms with Gasteiger partial charge in [0.2, 0.25) is 15.9 Å². The molecule has 29 heavy (non-hydrogen) atoms. The number of anilines is 2. The quantitative estimate of drug-likeness (QED) is 0.633. The minimum Gasteiger partial charge on any atom is -0.474 e. The van der Waals surface area contributed by atoms with Crippen molar-refractivity contribution < 1.29 is 13.2 Å². The third-order valence-corrected chi connectivity index (χ3v) is 6.21. The molecule has 3 N–H and O–H groups in total. The fourth-order valence-electron chi connectivity index (χ4n) is 3.71. The summed E-state index contributed by atoms with van der Waals surface area (Å²) < 4.78 is 30.6. The maximum absolute atomic E-state index is 11.4. The van der Waals surface area contributed by atoms with Crippen LogP contribution in [-0.2, 0) is 10.0 Å². The van der Waals surface area contributed by atoms with E-state index in [1.807, 2.05) is 0 Å². The average Bonchev–Trinajstić information content (AvgIpc) is 3.17. The molecule has 0 saturated heterocycles. The predicted molar refractivity (Wildman–Crippen MR) is 109 cm³/mol. The molecule has 2 heterocycles. The highest BCUT2D eigenvalue weighted by Crippen LogP contribution is 2.30. The Kier molecular flexibility index (Phi) is 5.37. The highest BCUT2D eigenvalue weighted by atomic mass is 32.2. The molecular weight excluding hydrogens is 392 g/mol. The first-order valence-electron chi connectivity index (χ1n) is 9.69. The normalized spacial score (nSPS) is 19.9. The molecule has 2 aromatic heterocycles. The second-order valence-electron chi connectivity index (χ2n) is 7.33. The molecule has 2 unspecified atom stereocenters. The van der Waals surface area contributed by atoms with Crippen LogP contribution in [0.15, 0.2) is 41.6 Å². The van der Waals surface area contributed by atoms with Crippen LogP contribution >= 0.6 is 0 Å². The van der Waals surface area contributed by atoms with Gasteiger partial charge in [-0.2, -0.15) is 19.6 Å². The maximum atomic E-state index is 11.4. The van der Waals surface area contributed by atoms with Crippen LogP contribution in [0.4, 0.5) is 11.5 Å². The van der Waals surface area contributed by atoms with E-state index >= 15 is 0 Å². The maximum Gasteiger partial charge on any atom is 0.257 e. The number of ether oxygens (including phenoxy) is 1. The van der Waals surface area contributed by atoms with Crippen molar-refractivity contribution in [2.45, 2.75) is 50.0 Å². The Morgan fingerprint density at radius 3 is 2.79 bits per heavy atom. The Morgan fingerprint density at radius 1 is 1.28 bits per heavy atom. The third kappa shape index (κ3) is 4.48. The van der Waals surface area contributed by atoms with Gasteiger partial charge in [-0.25, -0.2) is 13.6 Å². The molecule has 0 amide bonds. The number of fused-ring (bicyclic) bond motifs is 1. The lowest BCUT2D eigenvalue weighted by Gasteiger charge is -2.28. The van der Waals surface area contributed by atoms with Gasteiger partial charge in [-0.05, 0) is 49.4 Å². The zero-order valence-corrected chi connectivity index (χ0v) is 17.0. The Bertz CT molecular complexity index is 1100. The summed E-state index contributed by atoms with van der Waals surface area (Å²) in [6.45, 7) is 2.22. The van der Waals surface area contributed by atoms with Crippen LogP contribution in [0.25, 0.3) is 5.78 Å². The molecular formula is C19H24N6O3S. The van der Waals surface area contributed by atoms with Gasteiger partial charge < -0.3 is 10.1 Å². The predicted octanol–water partition coefficient (Wildman–Crippen LogP) is 2.86. The zero-order valence-electron chi connectivity index (χ0n) is 16.2. The number of rotatable bonds is 6. The Balaban J connectivity index is 1.58. The van der Waals surface area contributed by atoms with Crippen molar-refractivity contribution in [1.29, 1.82) is 0 Å². The molecule has 4 rings (SSSR count). The lowest BCUT2D eigenvalue weighted by atomic mass is 9.85. The van der Waals surface area contributed by atoms with Crippen molar-refractivity contribution in [1.82, 2.24) is 19.6 Å². The fourth-order valence-corrected chi connectivity index (χ4v) is 4.22. The first-order chi connectivity index (χ1) is 13.9. The van der Waals surface area contributed by atoms with Crippen LogP contribution in [0.2, 0.25) is 0 Å². The largest absolute Gasteiger partial charge is 0.474 e. The number of nitrogens with two attached hydrogens (primary N) is 1. The number of nitrogens with one attached hydrogen (secondary N) is 1. The van der Waals surface area contributed by atoms with E-state index in [1.54, 1.807) is 22.7 Å². The second kappa shape index (κ2) is 7.96. The summed E-state index contributed by atoms with van der Waals surface area (Å²) in [4.78, 5) is 8.69. The van der Waals surface area contributed by atoms with E-state index in [-0.39, 0.29) is 11.0 Å². The molecule has 1 aliphatic rings. The van der Waals surface area contributed by atoms with Gasteiger partial charge >= 0.3 is 0 Å². The average molecular weight is 417 g/mol. The Labute approximate surface area is 169 Å². The molecule has 3 aromatic rings. The van der Waals surface area contributed by atoms with Crippen molar-refractivity contribution in [3.63, 3.8) is 0 Å². The van der Waals surface area contributed by atoms with Crippen molar-refractivity contribution in [3.05, 3.63) is 36.7 Å². The van der Waals surface area contributed by atoms with Crippen molar-refractivity contribution in [2.75, 3.05) is 5.32 Å². The first-order valence-corrected chi connectivity index (χ1v) is 11.2. The van der Waals surface area contributed by atoms with E-state index in [4.69, 9.17) is 9.88 Å². The van der Waals surface area contributed by atoms with Crippen LogP contribution < -0.4 is 15.2 Å². The number of sulfonamides is 1. The van der Waals surface area contributed by atoms with Crippen LogP contribution in [-0.4, -0.2) is 34.1 Å². The van der Waals surface area contributed by atoms with Gasteiger partial charge in [-0.1, -0.05) is 19.8 Å². The molecule has 10 heteroatoms. The molecule has 154 valence electrons. The number of nitrogens with zero attached hydrogens (tertiary/aromatic N) is 4. The van der Waals surface area contributed by atoms with Gasteiger partial charge in [-0.15, -0.1) is 0 Å². The van der Waals surface area contributed by atoms with Crippen molar-refractivity contribution in [3.8, 4) is 5.88 Å². The second-order valence-corrected chi connectivity index (χ2v) is 8.89. The summed E-state index contributed by atoms with van der Waals surface area (Å²) in [7, 11) is -3.73. The number of hydrogen-bond acceptors (Lipinski definition) is 7. The van der Waals surface area contributed by atoms with Crippen molar-refractivity contribution in [2.24, 2.45) is 11.1 Å². The smallest absolute Gasteiger partial charge is 0.257 e.